The number of anilines is 1. The fourth-order valence-corrected chi connectivity index (χ4v) is 2.18. The molecule has 2 aromatic rings. The van der Waals surface area contributed by atoms with Crippen LogP contribution in [-0.2, 0) is 9.53 Å². The maximum Gasteiger partial charge on any atom is 0.344 e. The van der Waals surface area contributed by atoms with Crippen LogP contribution in [0.5, 0.6) is 0 Å². The second-order valence-corrected chi connectivity index (χ2v) is 6.06. The Morgan fingerprint density at radius 1 is 1.12 bits per heavy atom. The predicted molar refractivity (Wildman–Crippen MR) is 90.0 cm³/mol. The second kappa shape index (κ2) is 7.29. The van der Waals surface area contributed by atoms with Gasteiger partial charge in [-0.3, -0.25) is 4.79 Å². The van der Waals surface area contributed by atoms with E-state index in [1.807, 2.05) is 32.9 Å². The van der Waals surface area contributed by atoms with Gasteiger partial charge in [0.15, 0.2) is 11.9 Å². The largest absolute Gasteiger partial charge is 0.449 e. The summed E-state index contributed by atoms with van der Waals surface area (Å²) in [5.41, 5.74) is 2.49. The van der Waals surface area contributed by atoms with E-state index in [4.69, 9.17) is 9.26 Å². The molecular weight excluding hydrogens is 308 g/mol. The van der Waals surface area contributed by atoms with Crippen LogP contribution in [0.4, 0.5) is 5.69 Å². The molecule has 0 spiro atoms. The van der Waals surface area contributed by atoms with Gasteiger partial charge in [-0.1, -0.05) is 36.7 Å². The molecule has 6 nitrogen and oxygen atoms in total. The molecule has 0 fully saturated rings. The van der Waals surface area contributed by atoms with Gasteiger partial charge in [0.25, 0.3) is 5.91 Å². The number of rotatable bonds is 5. The van der Waals surface area contributed by atoms with Crippen molar-refractivity contribution in [3.05, 3.63) is 46.8 Å². The molecule has 0 saturated heterocycles. The van der Waals surface area contributed by atoms with Crippen molar-refractivity contribution < 1.29 is 18.8 Å². The molecule has 128 valence electrons. The average Bonchev–Trinajstić information content (AvgIpc) is 2.91. The third kappa shape index (κ3) is 4.01. The Balaban J connectivity index is 2.04. The molecule has 0 bridgehead atoms. The summed E-state index contributed by atoms with van der Waals surface area (Å²) in [6, 6.07) is 7.37. The van der Waals surface area contributed by atoms with Crippen LogP contribution in [-0.4, -0.2) is 23.1 Å². The van der Waals surface area contributed by atoms with E-state index in [1.165, 1.54) is 6.92 Å². The van der Waals surface area contributed by atoms with Gasteiger partial charge in [0.1, 0.15) is 5.56 Å². The van der Waals surface area contributed by atoms with E-state index < -0.39 is 18.0 Å². The number of aryl methyl sites for hydroxylation is 2. The first kappa shape index (κ1) is 17.7. The molecule has 1 amide bonds. The zero-order valence-corrected chi connectivity index (χ0v) is 14.5. The number of esters is 1. The Morgan fingerprint density at radius 3 is 2.33 bits per heavy atom. The van der Waals surface area contributed by atoms with Crippen molar-refractivity contribution in [3.8, 4) is 0 Å². The zero-order valence-electron chi connectivity index (χ0n) is 14.5. The van der Waals surface area contributed by atoms with Crippen molar-refractivity contribution in [2.24, 2.45) is 0 Å². The lowest BCUT2D eigenvalue weighted by Crippen LogP contribution is -2.30. The molecule has 0 aliphatic heterocycles. The molecule has 2 rings (SSSR count). The van der Waals surface area contributed by atoms with Gasteiger partial charge in [-0.05, 0) is 32.9 Å². The van der Waals surface area contributed by atoms with E-state index in [9.17, 15) is 9.59 Å². The van der Waals surface area contributed by atoms with Crippen LogP contribution in [0.25, 0.3) is 0 Å². The molecule has 1 atom stereocenters. The summed E-state index contributed by atoms with van der Waals surface area (Å²) < 4.78 is 10.4. The van der Waals surface area contributed by atoms with Gasteiger partial charge in [-0.15, -0.1) is 0 Å². The minimum atomic E-state index is -0.937. The van der Waals surface area contributed by atoms with Crippen LogP contribution >= 0.6 is 0 Å². The van der Waals surface area contributed by atoms with Crippen LogP contribution in [0.15, 0.2) is 28.8 Å². The molecule has 0 unspecified atom stereocenters. The van der Waals surface area contributed by atoms with Gasteiger partial charge in [-0.25, -0.2) is 4.79 Å². The summed E-state index contributed by atoms with van der Waals surface area (Å²) >= 11 is 0. The first-order valence-electron chi connectivity index (χ1n) is 7.84. The van der Waals surface area contributed by atoms with Crippen molar-refractivity contribution in [2.75, 3.05) is 5.32 Å². The van der Waals surface area contributed by atoms with Gasteiger partial charge < -0.3 is 14.6 Å². The normalized spacial score (nSPS) is 12.1. The number of hydrogen-bond acceptors (Lipinski definition) is 5. The van der Waals surface area contributed by atoms with E-state index in [1.54, 1.807) is 19.1 Å². The lowest BCUT2D eigenvalue weighted by Gasteiger charge is -2.14. The summed E-state index contributed by atoms with van der Waals surface area (Å²) in [6.07, 6.45) is -0.937. The Bertz CT molecular complexity index is 732. The van der Waals surface area contributed by atoms with Crippen LogP contribution in [0, 0.1) is 13.8 Å². The molecule has 1 heterocycles. The molecular formula is C18H22N2O4. The van der Waals surface area contributed by atoms with Crippen LogP contribution in [0.1, 0.15) is 54.1 Å². The molecule has 6 heteroatoms. The minimum Gasteiger partial charge on any atom is -0.449 e. The fraction of sp³-hybridized carbons (Fsp3) is 0.389. The van der Waals surface area contributed by atoms with E-state index in [0.717, 1.165) is 5.56 Å². The number of aromatic nitrogens is 1. The van der Waals surface area contributed by atoms with Crippen LogP contribution < -0.4 is 5.32 Å². The first-order valence-corrected chi connectivity index (χ1v) is 7.84. The van der Waals surface area contributed by atoms with Gasteiger partial charge in [0.2, 0.25) is 0 Å². The maximum atomic E-state index is 12.4. The number of carbonyl (C=O) groups is 2. The SMILES string of the molecule is Cc1ccc(NC(=O)[C@H](C)OC(=O)c2c(C)noc2C(C)C)cc1. The van der Waals surface area contributed by atoms with Crippen molar-refractivity contribution in [1.29, 1.82) is 0 Å². The highest BCUT2D eigenvalue weighted by molar-refractivity contribution is 5.98. The number of carbonyl (C=O) groups excluding carboxylic acids is 2. The lowest BCUT2D eigenvalue weighted by molar-refractivity contribution is -0.123. The number of ether oxygens (including phenoxy) is 1. The first-order chi connectivity index (χ1) is 11.3. The molecule has 0 saturated carbocycles. The Hall–Kier alpha value is -2.63. The molecule has 1 aromatic carbocycles. The Labute approximate surface area is 141 Å². The third-order valence-electron chi connectivity index (χ3n) is 3.59. The van der Waals surface area contributed by atoms with E-state index in [0.29, 0.717) is 22.7 Å². The third-order valence-corrected chi connectivity index (χ3v) is 3.59. The van der Waals surface area contributed by atoms with Gasteiger partial charge in [0.05, 0.1) is 5.69 Å². The number of benzene rings is 1. The zero-order chi connectivity index (χ0) is 17.9. The summed E-state index contributed by atoms with van der Waals surface area (Å²) in [4.78, 5) is 24.5. The highest BCUT2D eigenvalue weighted by Gasteiger charge is 2.27. The summed E-state index contributed by atoms with van der Waals surface area (Å²) in [5, 5.41) is 6.53. The Kier molecular flexibility index (Phi) is 5.39. The predicted octanol–water partition coefficient (Wildman–Crippen LogP) is 3.60. The van der Waals surface area contributed by atoms with Crippen molar-refractivity contribution in [2.45, 2.75) is 46.6 Å². The van der Waals surface area contributed by atoms with E-state index >= 15 is 0 Å². The van der Waals surface area contributed by atoms with Gasteiger partial charge in [-0.2, -0.15) is 0 Å². The number of amides is 1. The summed E-state index contributed by atoms with van der Waals surface area (Å²) in [6.45, 7) is 8.94. The quantitative estimate of drug-likeness (QED) is 0.847. The van der Waals surface area contributed by atoms with Crippen molar-refractivity contribution >= 4 is 17.6 Å². The smallest absolute Gasteiger partial charge is 0.344 e. The molecule has 0 radical (unpaired) electrons. The van der Waals surface area contributed by atoms with Crippen LogP contribution in [0.2, 0.25) is 0 Å². The molecule has 24 heavy (non-hydrogen) atoms. The van der Waals surface area contributed by atoms with Crippen molar-refractivity contribution in [1.82, 2.24) is 5.16 Å². The van der Waals surface area contributed by atoms with Gasteiger partial charge >= 0.3 is 5.97 Å². The standard InChI is InChI=1S/C18H22N2O4/c1-10(2)16-15(12(4)20-24-16)18(22)23-13(5)17(21)19-14-8-6-11(3)7-9-14/h6-10,13H,1-5H3,(H,19,21)/t13-/m0/s1. The van der Waals surface area contributed by atoms with Gasteiger partial charge in [0, 0.05) is 11.6 Å². The summed E-state index contributed by atoms with van der Waals surface area (Å²) in [7, 11) is 0. The molecule has 0 aliphatic carbocycles. The monoisotopic (exact) mass is 330 g/mol. The van der Waals surface area contributed by atoms with E-state index in [-0.39, 0.29) is 5.92 Å². The molecule has 1 N–H and O–H groups in total. The van der Waals surface area contributed by atoms with E-state index in [2.05, 4.69) is 10.5 Å². The fourth-order valence-electron chi connectivity index (χ4n) is 2.18. The Morgan fingerprint density at radius 2 is 1.75 bits per heavy atom. The second-order valence-electron chi connectivity index (χ2n) is 6.06. The lowest BCUT2D eigenvalue weighted by atomic mass is 10.1. The van der Waals surface area contributed by atoms with Crippen LogP contribution in [0.3, 0.4) is 0 Å². The number of hydrogen-bond donors (Lipinski definition) is 1. The molecule has 0 aliphatic rings. The van der Waals surface area contributed by atoms with Crippen molar-refractivity contribution in [3.63, 3.8) is 0 Å². The number of nitrogens with zero attached hydrogens (tertiary/aromatic N) is 1. The average molecular weight is 330 g/mol. The topological polar surface area (TPSA) is 81.4 Å². The molecule has 1 aromatic heterocycles. The maximum absolute atomic E-state index is 12.4. The highest BCUT2D eigenvalue weighted by atomic mass is 16.5. The highest BCUT2D eigenvalue weighted by Crippen LogP contribution is 2.23. The number of nitrogens with one attached hydrogen (secondary N) is 1. The minimum absolute atomic E-state index is 0.00885. The summed E-state index contributed by atoms with van der Waals surface area (Å²) in [5.74, 6) is -0.550.